The molecule has 0 N–H and O–H groups in total. The Morgan fingerprint density at radius 1 is 0.167 bits per heavy atom. The maximum atomic E-state index is 2.08. The number of aryl methyl sites for hydroxylation is 6. The van der Waals surface area contributed by atoms with Crippen LogP contribution in [0.1, 0.15) is 33.4 Å². The molecule has 0 unspecified atom stereocenters. The first-order valence-corrected chi connectivity index (χ1v) is 14.5. The van der Waals surface area contributed by atoms with Crippen LogP contribution >= 0.6 is 0 Å². The topological polar surface area (TPSA) is 0 Å². The summed E-state index contributed by atoms with van der Waals surface area (Å²) >= 11 is 0. The molecule has 216 valence electrons. The van der Waals surface area contributed by atoms with Crippen molar-refractivity contribution in [1.82, 2.24) is 0 Å². The molecule has 0 heteroatoms. The molecular formula is C42H48. The predicted octanol–water partition coefficient (Wildman–Crippen LogP) is 12.0. The number of benzene rings is 6. The van der Waals surface area contributed by atoms with Crippen LogP contribution in [0.25, 0.3) is 0 Å². The molecule has 0 aliphatic rings. The first-order chi connectivity index (χ1) is 20.4. The lowest BCUT2D eigenvalue weighted by atomic mass is 10.2. The zero-order valence-corrected chi connectivity index (χ0v) is 26.3. The third kappa shape index (κ3) is 22.2. The van der Waals surface area contributed by atoms with Crippen LogP contribution in [0.4, 0.5) is 0 Å². The molecule has 0 saturated carbocycles. The highest BCUT2D eigenvalue weighted by Crippen LogP contribution is 1.95. The van der Waals surface area contributed by atoms with E-state index in [9.17, 15) is 0 Å². The summed E-state index contributed by atoms with van der Waals surface area (Å²) in [4.78, 5) is 0. The van der Waals surface area contributed by atoms with E-state index < -0.39 is 0 Å². The standard InChI is InChI=1S/6C7H8/c6*1-7-5-3-2-4-6-7/h6*2-6H,1H3. The largest absolute Gasteiger partial charge is 0.0622 e. The molecule has 6 aromatic rings. The highest BCUT2D eigenvalue weighted by atomic mass is 13.8. The van der Waals surface area contributed by atoms with E-state index in [-0.39, 0.29) is 0 Å². The van der Waals surface area contributed by atoms with Crippen LogP contribution in [0.15, 0.2) is 182 Å². The van der Waals surface area contributed by atoms with E-state index in [1.165, 1.54) is 33.4 Å². The van der Waals surface area contributed by atoms with Gasteiger partial charge in [0.15, 0.2) is 0 Å². The summed E-state index contributed by atoms with van der Waals surface area (Å²) in [7, 11) is 0. The molecule has 0 saturated heterocycles. The summed E-state index contributed by atoms with van der Waals surface area (Å²) in [5, 5.41) is 0. The molecule has 0 aliphatic carbocycles. The summed E-state index contributed by atoms with van der Waals surface area (Å²) in [5.74, 6) is 0. The van der Waals surface area contributed by atoms with Gasteiger partial charge in [-0.2, -0.15) is 0 Å². The van der Waals surface area contributed by atoms with Crippen molar-refractivity contribution in [2.75, 3.05) is 0 Å². The quantitative estimate of drug-likeness (QED) is 0.176. The van der Waals surface area contributed by atoms with Crippen LogP contribution in [0.2, 0.25) is 0 Å². The van der Waals surface area contributed by atoms with Crippen LogP contribution in [-0.2, 0) is 0 Å². The van der Waals surface area contributed by atoms with E-state index in [2.05, 4.69) is 114 Å². The zero-order chi connectivity index (χ0) is 30.7. The van der Waals surface area contributed by atoms with Gasteiger partial charge in [0.25, 0.3) is 0 Å². The number of hydrogen-bond acceptors (Lipinski definition) is 0. The van der Waals surface area contributed by atoms with E-state index in [1.54, 1.807) is 0 Å². The molecule has 42 heavy (non-hydrogen) atoms. The van der Waals surface area contributed by atoms with Crippen molar-refractivity contribution in [3.05, 3.63) is 215 Å². The second kappa shape index (κ2) is 24.1. The average Bonchev–Trinajstić information content (AvgIpc) is 3.01. The lowest BCUT2D eigenvalue weighted by molar-refractivity contribution is 1.48. The van der Waals surface area contributed by atoms with Gasteiger partial charge in [-0.15, -0.1) is 0 Å². The van der Waals surface area contributed by atoms with Gasteiger partial charge in [-0.3, -0.25) is 0 Å². The second-order valence-electron chi connectivity index (χ2n) is 9.93. The van der Waals surface area contributed by atoms with Gasteiger partial charge in [-0.05, 0) is 41.5 Å². The van der Waals surface area contributed by atoms with Crippen molar-refractivity contribution in [1.29, 1.82) is 0 Å². The molecule has 0 bridgehead atoms. The Labute approximate surface area is 256 Å². The van der Waals surface area contributed by atoms with Gasteiger partial charge in [0.05, 0.1) is 0 Å². The lowest BCUT2D eigenvalue weighted by Gasteiger charge is -1.82. The fraction of sp³-hybridized carbons (Fsp3) is 0.143. The fourth-order valence-electron chi connectivity index (χ4n) is 3.21. The van der Waals surface area contributed by atoms with Crippen LogP contribution in [0.3, 0.4) is 0 Å². The Morgan fingerprint density at radius 3 is 0.310 bits per heavy atom. The molecule has 0 radical (unpaired) electrons. The Hall–Kier alpha value is -4.68. The molecule has 6 aromatic carbocycles. The van der Waals surface area contributed by atoms with Crippen LogP contribution in [0, 0.1) is 41.5 Å². The summed E-state index contributed by atoms with van der Waals surface area (Å²) in [6.45, 7) is 12.5. The summed E-state index contributed by atoms with van der Waals surface area (Å²) in [5.41, 5.74) is 7.93. The molecule has 0 spiro atoms. The summed E-state index contributed by atoms with van der Waals surface area (Å²) < 4.78 is 0. The van der Waals surface area contributed by atoms with Crippen LogP contribution < -0.4 is 0 Å². The van der Waals surface area contributed by atoms with Gasteiger partial charge in [0.1, 0.15) is 0 Å². The van der Waals surface area contributed by atoms with Crippen molar-refractivity contribution in [3.63, 3.8) is 0 Å². The molecule has 0 fully saturated rings. The molecule has 6 rings (SSSR count). The number of hydrogen-bond donors (Lipinski definition) is 0. The third-order valence-electron chi connectivity index (χ3n) is 5.64. The second-order valence-corrected chi connectivity index (χ2v) is 9.93. The molecule has 0 heterocycles. The first-order valence-electron chi connectivity index (χ1n) is 14.5. The minimum absolute atomic E-state index is 1.32. The molecular weight excluding hydrogens is 504 g/mol. The van der Waals surface area contributed by atoms with Gasteiger partial charge in [0, 0.05) is 0 Å². The van der Waals surface area contributed by atoms with E-state index >= 15 is 0 Å². The molecule has 0 aromatic heterocycles. The Morgan fingerprint density at radius 2 is 0.262 bits per heavy atom. The smallest absolute Gasteiger partial charge is 0.0398 e. The van der Waals surface area contributed by atoms with E-state index in [0.717, 1.165) is 0 Å². The van der Waals surface area contributed by atoms with E-state index in [0.29, 0.717) is 0 Å². The minimum Gasteiger partial charge on any atom is -0.0622 e. The third-order valence-corrected chi connectivity index (χ3v) is 5.64. The molecule has 0 aliphatic heterocycles. The molecule has 0 amide bonds. The van der Waals surface area contributed by atoms with E-state index in [4.69, 9.17) is 0 Å². The maximum Gasteiger partial charge on any atom is -0.0398 e. The van der Waals surface area contributed by atoms with Crippen molar-refractivity contribution in [2.24, 2.45) is 0 Å². The van der Waals surface area contributed by atoms with Gasteiger partial charge < -0.3 is 0 Å². The normalized spacial score (nSPS) is 8.71. The highest BCUT2D eigenvalue weighted by molar-refractivity contribution is 5.14. The zero-order valence-electron chi connectivity index (χ0n) is 26.3. The average molecular weight is 553 g/mol. The van der Waals surface area contributed by atoms with Gasteiger partial charge in [-0.25, -0.2) is 0 Å². The molecule has 0 atom stereocenters. The van der Waals surface area contributed by atoms with Crippen molar-refractivity contribution in [2.45, 2.75) is 41.5 Å². The fourth-order valence-corrected chi connectivity index (χ4v) is 3.21. The highest BCUT2D eigenvalue weighted by Gasteiger charge is 1.75. The monoisotopic (exact) mass is 552 g/mol. The minimum atomic E-state index is 1.32. The van der Waals surface area contributed by atoms with Gasteiger partial charge in [0.2, 0.25) is 0 Å². The van der Waals surface area contributed by atoms with Gasteiger partial charge in [-0.1, -0.05) is 215 Å². The maximum absolute atomic E-state index is 2.08. The summed E-state index contributed by atoms with van der Waals surface area (Å²) in [6, 6.07) is 61.6. The predicted molar refractivity (Wildman–Crippen MR) is 187 cm³/mol. The van der Waals surface area contributed by atoms with Crippen LogP contribution in [-0.4, -0.2) is 0 Å². The van der Waals surface area contributed by atoms with Crippen molar-refractivity contribution in [3.8, 4) is 0 Å². The van der Waals surface area contributed by atoms with Crippen molar-refractivity contribution >= 4 is 0 Å². The van der Waals surface area contributed by atoms with E-state index in [1.807, 2.05) is 109 Å². The Bertz CT molecular complexity index is 1070. The Kier molecular flexibility index (Phi) is 20.3. The van der Waals surface area contributed by atoms with Gasteiger partial charge >= 0.3 is 0 Å². The number of rotatable bonds is 0. The first kappa shape index (κ1) is 35.3. The van der Waals surface area contributed by atoms with Crippen LogP contribution in [0.5, 0.6) is 0 Å². The summed E-state index contributed by atoms with van der Waals surface area (Å²) in [6.07, 6.45) is 0. The SMILES string of the molecule is Cc1ccccc1.Cc1ccccc1.Cc1ccccc1.Cc1ccccc1.Cc1ccccc1.Cc1ccccc1. The van der Waals surface area contributed by atoms with Crippen molar-refractivity contribution < 1.29 is 0 Å². The Balaban J connectivity index is 0.000000252. The molecule has 0 nitrogen and oxygen atoms in total. The lowest BCUT2D eigenvalue weighted by Crippen LogP contribution is -1.62.